The average molecular weight is 702 g/mol. The van der Waals surface area contributed by atoms with E-state index in [1.165, 1.54) is 16.9 Å². The number of halogens is 9. The Bertz CT molecular complexity index is 1240. The van der Waals surface area contributed by atoms with Crippen LogP contribution in [0.1, 0.15) is 18.4 Å². The van der Waals surface area contributed by atoms with Crippen molar-refractivity contribution in [2.45, 2.75) is 37.9 Å². The summed E-state index contributed by atoms with van der Waals surface area (Å²) in [5.74, 6) is -8.85. The first-order valence-corrected chi connectivity index (χ1v) is 13.1. The first-order valence-electron chi connectivity index (χ1n) is 12.3. The van der Waals surface area contributed by atoms with Crippen molar-refractivity contribution in [3.05, 3.63) is 35.6 Å². The molecule has 0 unspecified atom stereocenters. The van der Waals surface area contributed by atoms with Crippen LogP contribution < -0.4 is 4.90 Å². The summed E-state index contributed by atoms with van der Waals surface area (Å²) < 4.78 is 95.2. The zero-order valence-corrected chi connectivity index (χ0v) is 23.7. The summed E-state index contributed by atoms with van der Waals surface area (Å²) in [6.45, 7) is 3.79. The third kappa shape index (κ3) is 12.6. The Hall–Kier alpha value is -4.28. The van der Waals surface area contributed by atoms with Crippen LogP contribution in [0.4, 0.5) is 44.6 Å². The van der Waals surface area contributed by atoms with Gasteiger partial charge in [-0.25, -0.2) is 14.4 Å². The van der Waals surface area contributed by atoms with Gasteiger partial charge in [-0.3, -0.25) is 14.7 Å². The Kier molecular flexibility index (Phi) is 14.1. The molecule has 2 saturated heterocycles. The SMILES string of the molecule is O=C(O)C(F)(F)F.O=C(O)C(F)(F)F.O=C(O)C(F)(F)F.O=C(O)[C@]12CCCN(Cc3cccnc3)C[C@H]1CN(c1nncs1)C2. The number of anilines is 1. The number of carboxylic acid groups (broad SMARTS) is 4. The van der Waals surface area contributed by atoms with Crippen LogP contribution >= 0.6 is 11.3 Å². The standard InChI is InChI=1S/C17H21N5O2S.3C2HF3O2/c23-15(24)17-4-2-6-21(8-13-3-1-5-18-7-13)9-14(17)10-22(11-17)16-20-19-12-25-16;3*3-2(4,5)1(6)7/h1,3,5,7,12,14H,2,4,6,8-11H2,(H,23,24);3*(H,6,7)/t14-,17-;;;/m0.../s1. The number of fused-ring (bicyclic) bond motifs is 1. The molecule has 23 heteroatoms. The Balaban J connectivity index is 0.000000413. The second kappa shape index (κ2) is 16.3. The maximum atomic E-state index is 12.2. The van der Waals surface area contributed by atoms with Crippen LogP contribution in [0.15, 0.2) is 30.0 Å². The molecule has 46 heavy (non-hydrogen) atoms. The van der Waals surface area contributed by atoms with E-state index in [-0.39, 0.29) is 5.92 Å². The van der Waals surface area contributed by atoms with E-state index in [4.69, 9.17) is 29.7 Å². The Morgan fingerprint density at radius 2 is 1.41 bits per heavy atom. The molecule has 0 amide bonds. The molecule has 2 aromatic heterocycles. The third-order valence-corrected chi connectivity index (χ3v) is 6.92. The van der Waals surface area contributed by atoms with Gasteiger partial charge in [-0.15, -0.1) is 10.2 Å². The highest BCUT2D eigenvalue weighted by Crippen LogP contribution is 2.44. The third-order valence-electron chi connectivity index (χ3n) is 6.17. The molecule has 258 valence electrons. The number of rotatable bonds is 4. The lowest BCUT2D eigenvalue weighted by Gasteiger charge is -2.29. The van der Waals surface area contributed by atoms with Crippen LogP contribution in [-0.4, -0.2) is 109 Å². The van der Waals surface area contributed by atoms with Gasteiger partial charge in [-0.2, -0.15) is 39.5 Å². The molecule has 0 radical (unpaired) electrons. The van der Waals surface area contributed by atoms with Crippen molar-refractivity contribution in [2.24, 2.45) is 11.3 Å². The van der Waals surface area contributed by atoms with Gasteiger partial charge in [-0.05, 0) is 31.0 Å². The molecule has 2 fully saturated rings. The summed E-state index contributed by atoms with van der Waals surface area (Å²) in [6.07, 6.45) is -9.98. The van der Waals surface area contributed by atoms with Crippen molar-refractivity contribution in [1.29, 1.82) is 0 Å². The van der Waals surface area contributed by atoms with Crippen LogP contribution in [0.5, 0.6) is 0 Å². The fourth-order valence-electron chi connectivity index (χ4n) is 4.21. The molecule has 0 spiro atoms. The van der Waals surface area contributed by atoms with Gasteiger partial charge in [0.05, 0.1) is 5.41 Å². The van der Waals surface area contributed by atoms with E-state index in [0.717, 1.165) is 37.7 Å². The van der Waals surface area contributed by atoms with E-state index in [1.807, 2.05) is 12.3 Å². The predicted octanol–water partition coefficient (Wildman–Crippen LogP) is 3.64. The lowest BCUT2D eigenvalue weighted by Crippen LogP contribution is -2.41. The minimum Gasteiger partial charge on any atom is -0.481 e. The number of alkyl halides is 9. The van der Waals surface area contributed by atoms with Crippen LogP contribution in [0.3, 0.4) is 0 Å². The number of carboxylic acids is 4. The number of aliphatic carboxylic acids is 4. The first kappa shape index (κ1) is 39.7. The topological polar surface area (TPSA) is 194 Å². The molecular weight excluding hydrogens is 677 g/mol. The number of nitrogens with zero attached hydrogens (tertiary/aromatic N) is 5. The average Bonchev–Trinajstić information content (AvgIpc) is 3.55. The lowest BCUT2D eigenvalue weighted by atomic mass is 9.75. The highest BCUT2D eigenvalue weighted by atomic mass is 32.1. The largest absolute Gasteiger partial charge is 0.490 e. The monoisotopic (exact) mass is 701 g/mol. The van der Waals surface area contributed by atoms with Gasteiger partial charge < -0.3 is 25.3 Å². The molecule has 2 atom stereocenters. The maximum Gasteiger partial charge on any atom is 0.490 e. The summed E-state index contributed by atoms with van der Waals surface area (Å²) in [4.78, 5) is 47.5. The zero-order valence-electron chi connectivity index (χ0n) is 22.9. The summed E-state index contributed by atoms with van der Waals surface area (Å²) in [6, 6.07) is 4.02. The molecule has 4 heterocycles. The summed E-state index contributed by atoms with van der Waals surface area (Å²) in [5.41, 5.74) is 2.19. The molecule has 0 aliphatic carbocycles. The minimum atomic E-state index is -5.08. The van der Waals surface area contributed by atoms with E-state index in [1.54, 1.807) is 11.7 Å². The van der Waals surface area contributed by atoms with Crippen LogP contribution in [-0.2, 0) is 25.7 Å². The predicted molar refractivity (Wildman–Crippen MR) is 136 cm³/mol. The van der Waals surface area contributed by atoms with Gasteiger partial charge >= 0.3 is 42.4 Å². The molecule has 13 nitrogen and oxygen atoms in total. The van der Waals surface area contributed by atoms with Crippen molar-refractivity contribution < 1.29 is 79.1 Å². The molecule has 2 aromatic rings. The van der Waals surface area contributed by atoms with E-state index >= 15 is 0 Å². The Morgan fingerprint density at radius 3 is 1.80 bits per heavy atom. The molecule has 0 saturated carbocycles. The number of likely N-dealkylation sites (tertiary alicyclic amines) is 1. The molecule has 0 aromatic carbocycles. The van der Waals surface area contributed by atoms with Crippen molar-refractivity contribution in [1.82, 2.24) is 20.1 Å². The smallest absolute Gasteiger partial charge is 0.481 e. The summed E-state index contributed by atoms with van der Waals surface area (Å²) in [7, 11) is 0. The molecule has 2 aliphatic rings. The summed E-state index contributed by atoms with van der Waals surface area (Å²) >= 11 is 1.47. The van der Waals surface area contributed by atoms with E-state index in [2.05, 4.69) is 31.0 Å². The minimum absolute atomic E-state index is 0.0908. The van der Waals surface area contributed by atoms with Gasteiger partial charge in [0.15, 0.2) is 0 Å². The quantitative estimate of drug-likeness (QED) is 0.338. The van der Waals surface area contributed by atoms with Crippen molar-refractivity contribution in [2.75, 3.05) is 31.1 Å². The van der Waals surface area contributed by atoms with E-state index in [0.29, 0.717) is 13.0 Å². The number of carbonyl (C=O) groups is 4. The fourth-order valence-corrected chi connectivity index (χ4v) is 4.78. The fraction of sp³-hybridized carbons (Fsp3) is 0.522. The van der Waals surface area contributed by atoms with Crippen LogP contribution in [0, 0.1) is 11.3 Å². The van der Waals surface area contributed by atoms with Crippen LogP contribution in [0.25, 0.3) is 0 Å². The molecule has 4 rings (SSSR count). The highest BCUT2D eigenvalue weighted by molar-refractivity contribution is 7.13. The molecule has 0 bridgehead atoms. The van der Waals surface area contributed by atoms with Crippen molar-refractivity contribution in [3.8, 4) is 0 Å². The number of hydrogen-bond acceptors (Lipinski definition) is 10. The van der Waals surface area contributed by atoms with Crippen molar-refractivity contribution >= 4 is 40.3 Å². The maximum absolute atomic E-state index is 12.2. The number of hydrogen-bond donors (Lipinski definition) is 4. The van der Waals surface area contributed by atoms with Gasteiger partial charge in [-0.1, -0.05) is 17.4 Å². The molecule has 2 aliphatic heterocycles. The van der Waals surface area contributed by atoms with Gasteiger partial charge in [0.25, 0.3) is 0 Å². The molecule has 4 N–H and O–H groups in total. The number of pyridine rings is 1. The normalized spacial score (nSPS) is 19.8. The Labute approximate surface area is 255 Å². The number of aromatic nitrogens is 3. The van der Waals surface area contributed by atoms with Gasteiger partial charge in [0.2, 0.25) is 5.13 Å². The Morgan fingerprint density at radius 1 is 0.891 bits per heavy atom. The highest BCUT2D eigenvalue weighted by Gasteiger charge is 2.54. The van der Waals surface area contributed by atoms with Gasteiger partial charge in [0, 0.05) is 44.5 Å². The second-order valence-corrected chi connectivity index (χ2v) is 10.2. The second-order valence-electron chi connectivity index (χ2n) is 9.37. The zero-order chi connectivity index (χ0) is 35.5. The lowest BCUT2D eigenvalue weighted by molar-refractivity contribution is -0.193. The summed E-state index contributed by atoms with van der Waals surface area (Å²) in [5, 5.41) is 40.3. The van der Waals surface area contributed by atoms with Gasteiger partial charge in [0.1, 0.15) is 5.51 Å². The van der Waals surface area contributed by atoms with Crippen molar-refractivity contribution in [3.63, 3.8) is 0 Å². The van der Waals surface area contributed by atoms with Crippen LogP contribution in [0.2, 0.25) is 0 Å². The molecular formula is C23H24F9N5O8S. The van der Waals surface area contributed by atoms with E-state index < -0.39 is 47.8 Å². The van der Waals surface area contributed by atoms with E-state index in [9.17, 15) is 49.4 Å². The first-order chi connectivity index (χ1) is 21.0.